The summed E-state index contributed by atoms with van der Waals surface area (Å²) in [5.41, 5.74) is -1.85. The smallest absolute Gasteiger partial charge is 0.322 e. The molecule has 0 fully saturated rings. The van der Waals surface area contributed by atoms with Crippen molar-refractivity contribution in [3.63, 3.8) is 0 Å². The predicted molar refractivity (Wildman–Crippen MR) is 101 cm³/mol. The van der Waals surface area contributed by atoms with Crippen molar-refractivity contribution in [2.24, 2.45) is 0 Å². The fourth-order valence-electron chi connectivity index (χ4n) is 2.84. The van der Waals surface area contributed by atoms with Gasteiger partial charge in [-0.25, -0.2) is 17.6 Å². The molecule has 1 amide bonds. The summed E-state index contributed by atoms with van der Waals surface area (Å²) in [7, 11) is 0. The van der Waals surface area contributed by atoms with Crippen LogP contribution in [0.5, 0.6) is 0 Å². The average molecular weight is 528 g/mol. The summed E-state index contributed by atoms with van der Waals surface area (Å²) in [4.78, 5) is 12.5. The number of amides is 1. The van der Waals surface area contributed by atoms with E-state index in [0.29, 0.717) is 0 Å². The second kappa shape index (κ2) is 8.56. The van der Waals surface area contributed by atoms with Crippen LogP contribution < -0.4 is 5.32 Å². The van der Waals surface area contributed by atoms with E-state index >= 15 is 0 Å². The Hall–Kier alpha value is -2.90. The number of rotatable bonds is 5. The van der Waals surface area contributed by atoms with Crippen LogP contribution in [0.15, 0.2) is 22.9 Å². The summed E-state index contributed by atoms with van der Waals surface area (Å²) in [6, 6.07) is -0.965. The highest BCUT2D eigenvalue weighted by Crippen LogP contribution is 2.36. The van der Waals surface area contributed by atoms with E-state index < -0.39 is 59.2 Å². The lowest BCUT2D eigenvalue weighted by atomic mass is 10.2. The number of nitrogens with zero attached hydrogens (tertiary/aromatic N) is 4. The van der Waals surface area contributed by atoms with Gasteiger partial charge in [0.15, 0.2) is 23.1 Å². The maximum Gasteiger partial charge on any atom is 0.436 e. The number of nitrogens with one attached hydrogen (secondary N) is 1. The van der Waals surface area contributed by atoms with E-state index in [4.69, 9.17) is 0 Å². The normalized spacial score (nSPS) is 12.8. The Bertz CT molecular complexity index is 1190. The molecule has 6 nitrogen and oxygen atoms in total. The van der Waals surface area contributed by atoms with Crippen LogP contribution in [-0.4, -0.2) is 25.5 Å². The van der Waals surface area contributed by atoms with Crippen molar-refractivity contribution in [3.8, 4) is 0 Å². The molecule has 1 N–H and O–H groups in total. The van der Waals surface area contributed by atoms with Crippen LogP contribution in [0, 0.1) is 30.2 Å². The van der Waals surface area contributed by atoms with E-state index in [9.17, 15) is 35.5 Å². The molecular weight excluding hydrogens is 515 g/mol. The Balaban J connectivity index is 1.77. The summed E-state index contributed by atoms with van der Waals surface area (Å²) in [6.45, 7) is 2.05. The summed E-state index contributed by atoms with van der Waals surface area (Å²) in [5.74, 6) is -7.30. The average Bonchev–Trinajstić information content (AvgIpc) is 3.27. The molecule has 1 unspecified atom stereocenters. The van der Waals surface area contributed by atoms with Crippen molar-refractivity contribution >= 4 is 27.5 Å². The lowest BCUT2D eigenvalue weighted by molar-refractivity contribution is -0.142. The van der Waals surface area contributed by atoms with E-state index in [1.165, 1.54) is 13.8 Å². The number of hydrogen-bond donors (Lipinski definition) is 1. The van der Waals surface area contributed by atoms with Crippen LogP contribution in [0.25, 0.3) is 0 Å². The number of carbonyl (C=O) groups excluding carboxylic acids is 1. The number of halogens is 8. The van der Waals surface area contributed by atoms with Gasteiger partial charge >= 0.3 is 6.18 Å². The summed E-state index contributed by atoms with van der Waals surface area (Å²) in [5, 5.41) is 9.61. The molecule has 3 rings (SSSR count). The Labute approximate surface area is 184 Å². The molecule has 0 saturated carbocycles. The van der Waals surface area contributed by atoms with E-state index in [1.54, 1.807) is 0 Å². The first-order valence-electron chi connectivity index (χ1n) is 8.78. The van der Waals surface area contributed by atoms with Crippen molar-refractivity contribution in [1.29, 1.82) is 0 Å². The zero-order chi connectivity index (χ0) is 24.0. The molecule has 14 heteroatoms. The molecule has 2 aromatic heterocycles. The number of benzene rings is 1. The van der Waals surface area contributed by atoms with Gasteiger partial charge in [-0.1, -0.05) is 0 Å². The molecular formula is C18H13BrF7N5O. The fraction of sp³-hybridized carbons (Fsp3) is 0.278. The monoisotopic (exact) mass is 527 g/mol. The van der Waals surface area contributed by atoms with Crippen molar-refractivity contribution in [3.05, 3.63) is 63.2 Å². The summed E-state index contributed by atoms with van der Waals surface area (Å²) >= 11 is 2.82. The minimum atomic E-state index is -4.73. The van der Waals surface area contributed by atoms with Crippen LogP contribution >= 0.6 is 15.9 Å². The number of carbonyl (C=O) groups is 1. The van der Waals surface area contributed by atoms with Crippen molar-refractivity contribution in [2.45, 2.75) is 32.6 Å². The molecule has 172 valence electrons. The first-order chi connectivity index (χ1) is 14.8. The summed E-state index contributed by atoms with van der Waals surface area (Å²) < 4.78 is 94.6. The first kappa shape index (κ1) is 23.8. The third-order valence-corrected chi connectivity index (χ3v) is 5.47. The molecule has 0 aliphatic rings. The van der Waals surface area contributed by atoms with E-state index in [1.807, 2.05) is 0 Å². The van der Waals surface area contributed by atoms with Crippen LogP contribution in [0.2, 0.25) is 0 Å². The number of anilines is 1. The topological polar surface area (TPSA) is 64.7 Å². The van der Waals surface area contributed by atoms with Gasteiger partial charge in [0, 0.05) is 17.8 Å². The van der Waals surface area contributed by atoms with Crippen molar-refractivity contribution < 1.29 is 35.5 Å². The molecule has 3 aromatic rings. The molecule has 2 heterocycles. The third kappa shape index (κ3) is 4.49. The third-order valence-electron chi connectivity index (χ3n) is 4.52. The molecule has 0 saturated heterocycles. The maximum absolute atomic E-state index is 13.8. The molecule has 1 aromatic carbocycles. The summed E-state index contributed by atoms with van der Waals surface area (Å²) in [6.07, 6.45) is -2.47. The van der Waals surface area contributed by atoms with Gasteiger partial charge in [0.1, 0.15) is 11.9 Å². The molecule has 0 aliphatic carbocycles. The quantitative estimate of drug-likeness (QED) is 0.289. The fourth-order valence-corrected chi connectivity index (χ4v) is 3.33. The second-order valence-corrected chi connectivity index (χ2v) is 7.52. The Morgan fingerprint density at radius 2 is 1.84 bits per heavy atom. The molecule has 0 bridgehead atoms. The number of aromatic nitrogens is 4. The highest BCUT2D eigenvalue weighted by molar-refractivity contribution is 9.10. The number of hydrogen-bond acceptors (Lipinski definition) is 3. The first-order valence-corrected chi connectivity index (χ1v) is 9.57. The second-order valence-electron chi connectivity index (χ2n) is 6.73. The van der Waals surface area contributed by atoms with Crippen LogP contribution in [-0.2, 0) is 17.5 Å². The molecule has 1 atom stereocenters. The SMILES string of the molecule is Cc1c(Br)c(C(F)(F)F)nn1C(C)C(=O)Nc1cnn(Cc2c(F)cc(F)c(F)c2F)c1. The maximum atomic E-state index is 13.8. The van der Waals surface area contributed by atoms with Crippen molar-refractivity contribution in [1.82, 2.24) is 19.6 Å². The lowest BCUT2D eigenvalue weighted by Gasteiger charge is -2.13. The minimum Gasteiger partial charge on any atom is -0.322 e. The molecule has 0 aliphatic heterocycles. The largest absolute Gasteiger partial charge is 0.436 e. The van der Waals surface area contributed by atoms with Crippen LogP contribution in [0.4, 0.5) is 36.4 Å². The van der Waals surface area contributed by atoms with Gasteiger partial charge in [0.2, 0.25) is 5.91 Å². The number of alkyl halides is 3. The van der Waals surface area contributed by atoms with E-state index in [2.05, 4.69) is 31.4 Å². The molecule has 0 spiro atoms. The lowest BCUT2D eigenvalue weighted by Crippen LogP contribution is -2.25. The Morgan fingerprint density at radius 3 is 2.44 bits per heavy atom. The minimum absolute atomic E-state index is 0.0465. The molecule has 32 heavy (non-hydrogen) atoms. The van der Waals surface area contributed by atoms with Crippen LogP contribution in [0.3, 0.4) is 0 Å². The zero-order valence-electron chi connectivity index (χ0n) is 16.2. The Morgan fingerprint density at radius 1 is 1.19 bits per heavy atom. The van der Waals surface area contributed by atoms with Gasteiger partial charge in [-0.2, -0.15) is 23.4 Å². The van der Waals surface area contributed by atoms with Gasteiger partial charge in [0.25, 0.3) is 0 Å². The van der Waals surface area contributed by atoms with E-state index in [-0.39, 0.29) is 21.9 Å². The molecule has 0 radical (unpaired) electrons. The van der Waals surface area contributed by atoms with Crippen LogP contribution in [0.1, 0.15) is 29.9 Å². The Kier molecular flexibility index (Phi) is 6.36. The standard InChI is InChI=1S/C18H13BrF7N5O/c1-7-13(19)16(18(24,25)26)29-31(7)8(2)17(32)28-9-4-27-30(5-9)6-10-11(20)3-12(21)15(23)14(10)22/h3-5,8H,6H2,1-2H3,(H,28,32). The van der Waals surface area contributed by atoms with Gasteiger partial charge in [-0.3, -0.25) is 14.2 Å². The predicted octanol–water partition coefficient (Wildman–Crippen LogP) is 4.97. The van der Waals surface area contributed by atoms with Gasteiger partial charge < -0.3 is 5.32 Å². The highest BCUT2D eigenvalue weighted by atomic mass is 79.9. The highest BCUT2D eigenvalue weighted by Gasteiger charge is 2.39. The van der Waals surface area contributed by atoms with Gasteiger partial charge in [-0.15, -0.1) is 0 Å². The van der Waals surface area contributed by atoms with Crippen molar-refractivity contribution in [2.75, 3.05) is 5.32 Å². The van der Waals surface area contributed by atoms with Gasteiger partial charge in [0.05, 0.1) is 28.6 Å². The zero-order valence-corrected chi connectivity index (χ0v) is 17.8. The van der Waals surface area contributed by atoms with E-state index in [0.717, 1.165) is 21.8 Å². The van der Waals surface area contributed by atoms with Gasteiger partial charge in [-0.05, 0) is 29.8 Å².